The largest absolute Gasteiger partial charge is 0.396 e. The second-order valence-electron chi connectivity index (χ2n) is 4.07. The monoisotopic (exact) mass is 289 g/mol. The Hall–Kier alpha value is -2.55. The summed E-state index contributed by atoms with van der Waals surface area (Å²) in [6.07, 6.45) is 4.69. The summed E-state index contributed by atoms with van der Waals surface area (Å²) < 4.78 is 1.57. The predicted octanol–water partition coefficient (Wildman–Crippen LogP) is 0.332. The molecule has 3 N–H and O–H groups in total. The van der Waals surface area contributed by atoms with Crippen LogP contribution in [0.15, 0.2) is 18.7 Å². The number of nitrogen functional groups attached to an aromatic ring is 1. The van der Waals surface area contributed by atoms with Crippen LogP contribution in [0.5, 0.6) is 0 Å². The van der Waals surface area contributed by atoms with E-state index in [9.17, 15) is 4.79 Å². The Kier molecular flexibility index (Phi) is 3.03. The second kappa shape index (κ2) is 4.85. The maximum atomic E-state index is 12.1. The van der Waals surface area contributed by atoms with Gasteiger partial charge >= 0.3 is 0 Å². The summed E-state index contributed by atoms with van der Waals surface area (Å²) >= 11 is 1.22. The highest BCUT2D eigenvalue weighted by atomic mass is 32.1. The molecule has 3 heterocycles. The first kappa shape index (κ1) is 12.5. The molecule has 8 nitrogen and oxygen atoms in total. The Bertz CT molecular complexity index is 778. The normalized spacial score (nSPS) is 10.8. The van der Waals surface area contributed by atoms with E-state index in [0.717, 1.165) is 0 Å². The van der Waals surface area contributed by atoms with Crippen LogP contribution in [0.3, 0.4) is 0 Å². The topological polar surface area (TPSA) is 112 Å². The molecule has 3 aromatic heterocycles. The van der Waals surface area contributed by atoms with Crippen LogP contribution in [0.1, 0.15) is 15.5 Å². The van der Waals surface area contributed by atoms with Gasteiger partial charge < -0.3 is 11.1 Å². The minimum atomic E-state index is -0.278. The first-order valence-electron chi connectivity index (χ1n) is 5.77. The van der Waals surface area contributed by atoms with Crippen LogP contribution in [0.25, 0.3) is 10.3 Å². The average molecular weight is 289 g/mol. The summed E-state index contributed by atoms with van der Waals surface area (Å²) in [4.78, 5) is 25.5. The summed E-state index contributed by atoms with van der Waals surface area (Å²) in [5, 5.41) is 6.81. The maximum Gasteiger partial charge on any atom is 0.264 e. The number of carbonyl (C=O) groups is 1. The van der Waals surface area contributed by atoms with Crippen molar-refractivity contribution in [3.05, 3.63) is 29.4 Å². The molecule has 0 aliphatic carbocycles. The van der Waals surface area contributed by atoms with Crippen molar-refractivity contribution < 1.29 is 4.79 Å². The molecule has 3 aromatic rings. The molecule has 0 unspecified atom stereocenters. The van der Waals surface area contributed by atoms with Crippen LogP contribution in [0, 0.1) is 0 Å². The molecule has 0 radical (unpaired) electrons. The van der Waals surface area contributed by atoms with Crippen molar-refractivity contribution >= 4 is 33.3 Å². The van der Waals surface area contributed by atoms with E-state index in [4.69, 9.17) is 5.73 Å². The number of fused-ring (bicyclic) bond motifs is 1. The zero-order valence-electron chi connectivity index (χ0n) is 10.6. The average Bonchev–Trinajstić information content (AvgIpc) is 3.01. The second-order valence-corrected chi connectivity index (χ2v) is 5.07. The lowest BCUT2D eigenvalue weighted by molar-refractivity contribution is 0.0955. The molecule has 0 aromatic carbocycles. The van der Waals surface area contributed by atoms with Gasteiger partial charge in [0.25, 0.3) is 5.91 Å². The summed E-state index contributed by atoms with van der Waals surface area (Å²) in [5.41, 5.74) is 6.83. The highest BCUT2D eigenvalue weighted by Crippen LogP contribution is 2.30. The van der Waals surface area contributed by atoms with Crippen LogP contribution in [-0.4, -0.2) is 30.6 Å². The van der Waals surface area contributed by atoms with Gasteiger partial charge in [0.05, 0.1) is 12.2 Å². The fourth-order valence-electron chi connectivity index (χ4n) is 1.72. The lowest BCUT2D eigenvalue weighted by atomic mass is 10.3. The molecule has 3 rings (SSSR count). The van der Waals surface area contributed by atoms with Crippen molar-refractivity contribution in [2.45, 2.75) is 6.54 Å². The molecule has 0 fully saturated rings. The number of amides is 1. The van der Waals surface area contributed by atoms with Gasteiger partial charge in [-0.2, -0.15) is 5.10 Å². The summed E-state index contributed by atoms with van der Waals surface area (Å²) in [6, 6.07) is 0. The Morgan fingerprint density at radius 1 is 1.40 bits per heavy atom. The van der Waals surface area contributed by atoms with E-state index in [1.807, 2.05) is 0 Å². The first-order valence-corrected chi connectivity index (χ1v) is 6.58. The third kappa shape index (κ3) is 2.18. The predicted molar refractivity (Wildman–Crippen MR) is 74.0 cm³/mol. The third-order valence-electron chi connectivity index (χ3n) is 2.62. The molecular formula is C11H11N7OS. The number of anilines is 1. The van der Waals surface area contributed by atoms with Crippen LogP contribution < -0.4 is 11.1 Å². The van der Waals surface area contributed by atoms with Crippen LogP contribution in [0.4, 0.5) is 5.69 Å². The molecule has 20 heavy (non-hydrogen) atoms. The van der Waals surface area contributed by atoms with Crippen LogP contribution in [0.2, 0.25) is 0 Å². The highest BCUT2D eigenvalue weighted by molar-refractivity contribution is 7.21. The SMILES string of the molecule is Cn1cnc(CNC(=O)c2sc3nccnc3c2N)n1. The van der Waals surface area contributed by atoms with Crippen molar-refractivity contribution in [2.75, 3.05) is 5.73 Å². The zero-order valence-corrected chi connectivity index (χ0v) is 11.4. The lowest BCUT2D eigenvalue weighted by Gasteiger charge is -2.00. The van der Waals surface area contributed by atoms with E-state index in [0.29, 0.717) is 26.7 Å². The van der Waals surface area contributed by atoms with Gasteiger partial charge in [-0.05, 0) is 0 Å². The number of nitrogens with one attached hydrogen (secondary N) is 1. The molecule has 0 bridgehead atoms. The Morgan fingerprint density at radius 2 is 2.20 bits per heavy atom. The smallest absolute Gasteiger partial charge is 0.264 e. The maximum absolute atomic E-state index is 12.1. The van der Waals surface area contributed by atoms with E-state index in [1.165, 1.54) is 11.3 Å². The van der Waals surface area contributed by atoms with Gasteiger partial charge in [-0.1, -0.05) is 0 Å². The van der Waals surface area contributed by atoms with Gasteiger partial charge in [0, 0.05) is 19.4 Å². The molecule has 0 saturated carbocycles. The summed E-state index contributed by atoms with van der Waals surface area (Å²) in [7, 11) is 1.76. The van der Waals surface area contributed by atoms with Crippen LogP contribution in [-0.2, 0) is 13.6 Å². The number of aryl methyl sites for hydroxylation is 1. The number of hydrogen-bond donors (Lipinski definition) is 2. The zero-order chi connectivity index (χ0) is 14.1. The molecule has 0 saturated heterocycles. The van der Waals surface area contributed by atoms with E-state index in [1.54, 1.807) is 30.5 Å². The van der Waals surface area contributed by atoms with E-state index in [2.05, 4.69) is 25.4 Å². The quantitative estimate of drug-likeness (QED) is 0.718. The summed E-state index contributed by atoms with van der Waals surface area (Å²) in [6.45, 7) is 0.244. The Balaban J connectivity index is 1.80. The van der Waals surface area contributed by atoms with Crippen molar-refractivity contribution in [3.8, 4) is 0 Å². The van der Waals surface area contributed by atoms with Gasteiger partial charge in [-0.25, -0.2) is 15.0 Å². The van der Waals surface area contributed by atoms with E-state index in [-0.39, 0.29) is 12.5 Å². The fraction of sp³-hybridized carbons (Fsp3) is 0.182. The molecular weight excluding hydrogens is 278 g/mol. The minimum absolute atomic E-state index is 0.244. The molecule has 0 aliphatic rings. The molecule has 9 heteroatoms. The summed E-state index contributed by atoms with van der Waals surface area (Å²) in [5.74, 6) is 0.261. The van der Waals surface area contributed by atoms with Gasteiger partial charge in [0.1, 0.15) is 21.6 Å². The number of nitrogens with zero attached hydrogens (tertiary/aromatic N) is 5. The Labute approximate surface area is 117 Å². The minimum Gasteiger partial charge on any atom is -0.396 e. The first-order chi connectivity index (χ1) is 9.65. The van der Waals surface area contributed by atoms with E-state index >= 15 is 0 Å². The number of thiophene rings is 1. The van der Waals surface area contributed by atoms with Crippen molar-refractivity contribution in [3.63, 3.8) is 0 Å². The molecule has 0 aliphatic heterocycles. The fourth-order valence-corrected chi connectivity index (χ4v) is 2.65. The lowest BCUT2D eigenvalue weighted by Crippen LogP contribution is -2.23. The number of rotatable bonds is 3. The standard InChI is InChI=1S/C11H11N7OS/c1-18-5-16-6(17-18)4-15-10(19)9-7(12)8-11(20-9)14-3-2-13-8/h2-3,5H,4,12H2,1H3,(H,15,19). The number of nitrogens with two attached hydrogens (primary N) is 1. The Morgan fingerprint density at radius 3 is 2.90 bits per heavy atom. The molecule has 102 valence electrons. The van der Waals surface area contributed by atoms with Crippen molar-refractivity contribution in [1.82, 2.24) is 30.0 Å². The third-order valence-corrected chi connectivity index (χ3v) is 3.73. The molecule has 0 atom stereocenters. The van der Waals surface area contributed by atoms with Gasteiger partial charge in [-0.3, -0.25) is 9.48 Å². The van der Waals surface area contributed by atoms with Gasteiger partial charge in [0.15, 0.2) is 5.82 Å². The van der Waals surface area contributed by atoms with Crippen molar-refractivity contribution in [1.29, 1.82) is 0 Å². The van der Waals surface area contributed by atoms with Gasteiger partial charge in [-0.15, -0.1) is 11.3 Å². The van der Waals surface area contributed by atoms with Crippen molar-refractivity contribution in [2.24, 2.45) is 7.05 Å². The molecule has 1 amide bonds. The highest BCUT2D eigenvalue weighted by Gasteiger charge is 2.17. The molecule has 0 spiro atoms. The van der Waals surface area contributed by atoms with Gasteiger partial charge in [0.2, 0.25) is 0 Å². The number of carbonyl (C=O) groups excluding carboxylic acids is 1. The van der Waals surface area contributed by atoms with Crippen LogP contribution >= 0.6 is 11.3 Å². The number of hydrogen-bond acceptors (Lipinski definition) is 7. The number of aromatic nitrogens is 5. The van der Waals surface area contributed by atoms with E-state index < -0.39 is 0 Å².